The second-order valence-corrected chi connectivity index (χ2v) is 0.750. The van der Waals surface area contributed by atoms with Crippen molar-refractivity contribution in [3.8, 4) is 0 Å². The Bertz CT molecular complexity index is 118. The van der Waals surface area contributed by atoms with Crippen LogP contribution in [0.3, 0.4) is 0 Å². The largest absolute Gasteiger partial charge is 1.00 e. The molecule has 0 amide bonds. The Labute approximate surface area is 132 Å². The molecule has 11 heteroatoms. The molecule has 0 N–H and O–H groups in total. The van der Waals surface area contributed by atoms with Crippen molar-refractivity contribution in [3.63, 3.8) is 0 Å². The number of hydrogen-bond donors (Lipinski definition) is 0. The van der Waals surface area contributed by atoms with Crippen LogP contribution in [0.2, 0.25) is 0 Å². The third-order valence-corrected chi connectivity index (χ3v) is 0. The molecule has 77 valence electrons. The van der Waals surface area contributed by atoms with Crippen molar-refractivity contribution >= 4 is 18.5 Å². The average molecular weight is 270 g/mol. The van der Waals surface area contributed by atoms with Gasteiger partial charge in [0.25, 0.3) is 0 Å². The fourth-order valence-corrected chi connectivity index (χ4v) is 0. The first-order valence-corrected chi connectivity index (χ1v) is 1.84. The van der Waals surface area contributed by atoms with Gasteiger partial charge in [-0.15, -0.1) is 0 Å². The summed E-state index contributed by atoms with van der Waals surface area (Å²) in [5, 5.41) is 50.0. The summed E-state index contributed by atoms with van der Waals surface area (Å²) >= 11 is 0. The molecule has 0 bridgehead atoms. The standard InChI is InChI=1S/3CH2O3.K.V/c3*2-1(3)4;;/h3*(H2,2,3,4);;/q;;;+1;/p-6. The Kier molecular flexibility index (Phi) is 48.3. The second kappa shape index (κ2) is 23.1. The molecule has 0 aromatic carbocycles. The molecule has 14 heavy (non-hydrogen) atoms. The molecule has 0 fully saturated rings. The predicted molar refractivity (Wildman–Crippen MR) is 16.2 cm³/mol. The van der Waals surface area contributed by atoms with Gasteiger partial charge in [0.15, 0.2) is 0 Å². The second-order valence-electron chi connectivity index (χ2n) is 0.750. The van der Waals surface area contributed by atoms with Crippen LogP contribution in [-0.4, -0.2) is 18.5 Å². The van der Waals surface area contributed by atoms with Gasteiger partial charge in [-0.25, -0.2) is 0 Å². The van der Waals surface area contributed by atoms with Crippen LogP contribution >= 0.6 is 0 Å². The van der Waals surface area contributed by atoms with Gasteiger partial charge in [-0.2, -0.15) is 0 Å². The molecule has 0 unspecified atom stereocenters. The van der Waals surface area contributed by atoms with Crippen molar-refractivity contribution in [1.82, 2.24) is 0 Å². The van der Waals surface area contributed by atoms with Gasteiger partial charge in [-0.3, -0.25) is 0 Å². The number of carbonyl (C=O) groups is 3. The van der Waals surface area contributed by atoms with Crippen molar-refractivity contribution in [3.05, 3.63) is 0 Å². The van der Waals surface area contributed by atoms with E-state index in [0.29, 0.717) is 0 Å². The van der Waals surface area contributed by atoms with Crippen molar-refractivity contribution in [2.24, 2.45) is 0 Å². The van der Waals surface area contributed by atoms with Crippen LogP contribution in [0.5, 0.6) is 0 Å². The molecule has 0 saturated heterocycles. The molecule has 0 aliphatic carbocycles. The monoisotopic (exact) mass is 270 g/mol. The maximum atomic E-state index is 8.33. The quantitative estimate of drug-likeness (QED) is 0.384. The van der Waals surface area contributed by atoms with E-state index in [4.69, 9.17) is 45.0 Å². The molecule has 0 aromatic heterocycles. The van der Waals surface area contributed by atoms with E-state index >= 15 is 0 Å². The van der Waals surface area contributed by atoms with E-state index in [9.17, 15) is 0 Å². The molecule has 0 atom stereocenters. The summed E-state index contributed by atoms with van der Waals surface area (Å²) in [4.78, 5) is 25.0. The van der Waals surface area contributed by atoms with Crippen molar-refractivity contribution in [2.45, 2.75) is 0 Å². The van der Waals surface area contributed by atoms with E-state index in [2.05, 4.69) is 0 Å². The summed E-state index contributed by atoms with van der Waals surface area (Å²) in [5.74, 6) is 0. The maximum Gasteiger partial charge on any atom is 1.00 e. The molecule has 0 aromatic rings. The van der Waals surface area contributed by atoms with Crippen LogP contribution < -0.4 is 82.0 Å². The molecule has 0 heterocycles. The molecular formula is C3KO9V-5. The van der Waals surface area contributed by atoms with Gasteiger partial charge in [0, 0.05) is 18.6 Å². The molecule has 0 aliphatic heterocycles. The van der Waals surface area contributed by atoms with E-state index in [1.165, 1.54) is 0 Å². The molecular weight excluding hydrogens is 270 g/mol. The predicted octanol–water partition coefficient (Wildman–Crippen LogP) is -10.3. The summed E-state index contributed by atoms with van der Waals surface area (Å²) in [5.41, 5.74) is 0. The van der Waals surface area contributed by atoms with Crippen molar-refractivity contribution < 1.29 is 115 Å². The van der Waals surface area contributed by atoms with E-state index in [1.54, 1.807) is 0 Å². The Morgan fingerprint density at radius 2 is 0.571 bits per heavy atom. The van der Waals surface area contributed by atoms with Crippen LogP contribution in [0.1, 0.15) is 0 Å². The van der Waals surface area contributed by atoms with Crippen LogP contribution in [0, 0.1) is 0 Å². The summed E-state index contributed by atoms with van der Waals surface area (Å²) in [6, 6.07) is 0. The Morgan fingerprint density at radius 3 is 0.571 bits per heavy atom. The van der Waals surface area contributed by atoms with Crippen LogP contribution in [0.15, 0.2) is 0 Å². The van der Waals surface area contributed by atoms with Gasteiger partial charge >= 0.3 is 51.4 Å². The number of rotatable bonds is 0. The maximum absolute atomic E-state index is 8.33. The van der Waals surface area contributed by atoms with Crippen molar-refractivity contribution in [1.29, 1.82) is 0 Å². The normalized spacial score (nSPS) is 5.14. The van der Waals surface area contributed by atoms with Crippen LogP contribution in [-0.2, 0) is 18.6 Å². The van der Waals surface area contributed by atoms with Gasteiger partial charge in [0.1, 0.15) is 0 Å². The first-order chi connectivity index (χ1) is 5.20. The topological polar surface area (TPSA) is 190 Å². The van der Waals surface area contributed by atoms with Gasteiger partial charge in [-0.1, -0.05) is 0 Å². The molecule has 0 spiro atoms. The van der Waals surface area contributed by atoms with E-state index in [0.717, 1.165) is 0 Å². The summed E-state index contributed by atoms with van der Waals surface area (Å²) in [6.45, 7) is 0. The number of hydrogen-bond acceptors (Lipinski definition) is 9. The fourth-order valence-electron chi connectivity index (χ4n) is 0. The van der Waals surface area contributed by atoms with Gasteiger partial charge in [-0.05, 0) is 18.5 Å². The number of carboxylic acid groups (broad SMARTS) is 6. The fraction of sp³-hybridized carbons (Fsp3) is 0. The molecule has 0 rings (SSSR count). The summed E-state index contributed by atoms with van der Waals surface area (Å²) in [7, 11) is 0. The zero-order valence-electron chi connectivity index (χ0n) is 6.62. The Balaban J connectivity index is -0.0000000270. The van der Waals surface area contributed by atoms with Crippen molar-refractivity contribution in [2.75, 3.05) is 0 Å². The molecule has 9 nitrogen and oxygen atoms in total. The Morgan fingerprint density at radius 1 is 0.571 bits per heavy atom. The van der Waals surface area contributed by atoms with E-state index in [1.807, 2.05) is 0 Å². The SMILES string of the molecule is O=C([O-])[O-].O=C([O-])[O-].O=C([O-])[O-].[K+].[V]. The van der Waals surface area contributed by atoms with Gasteiger partial charge in [0.2, 0.25) is 0 Å². The van der Waals surface area contributed by atoms with E-state index in [-0.39, 0.29) is 69.9 Å². The average Bonchev–Trinajstić information content (AvgIpc) is 1.54. The molecule has 1 radical (unpaired) electrons. The minimum Gasteiger partial charge on any atom is -0.652 e. The summed E-state index contributed by atoms with van der Waals surface area (Å²) < 4.78 is 0. The minimum atomic E-state index is -2.33. The molecule has 0 aliphatic rings. The minimum absolute atomic E-state index is 0. The molecule has 0 saturated carbocycles. The smallest absolute Gasteiger partial charge is 0.652 e. The van der Waals surface area contributed by atoms with Gasteiger partial charge in [0.05, 0.1) is 0 Å². The first kappa shape index (κ1) is 29.2. The summed E-state index contributed by atoms with van der Waals surface area (Å²) in [6.07, 6.45) is -7.00. The van der Waals surface area contributed by atoms with Crippen LogP contribution in [0.4, 0.5) is 14.4 Å². The van der Waals surface area contributed by atoms with Crippen LogP contribution in [0.25, 0.3) is 0 Å². The zero-order chi connectivity index (χ0) is 10.7. The Hall–Kier alpha value is 0.0308. The first-order valence-electron chi connectivity index (χ1n) is 1.84. The number of carbonyl (C=O) groups excluding carboxylic acids is 3. The third-order valence-electron chi connectivity index (χ3n) is 0. The van der Waals surface area contributed by atoms with Gasteiger partial charge < -0.3 is 45.0 Å². The van der Waals surface area contributed by atoms with E-state index < -0.39 is 18.5 Å². The third kappa shape index (κ3) is 1550000. The zero-order valence-corrected chi connectivity index (χ0v) is 11.1.